The van der Waals surface area contributed by atoms with E-state index in [1.54, 1.807) is 17.5 Å². The zero-order chi connectivity index (χ0) is 11.4. The lowest BCUT2D eigenvalue weighted by Crippen LogP contribution is -2.02. The summed E-state index contributed by atoms with van der Waals surface area (Å²) in [5, 5.41) is 3.26. The van der Waals surface area contributed by atoms with Gasteiger partial charge in [0.05, 0.1) is 4.88 Å². The Kier molecular flexibility index (Phi) is 3.51. The van der Waals surface area contributed by atoms with E-state index >= 15 is 0 Å². The van der Waals surface area contributed by atoms with Crippen molar-refractivity contribution in [3.05, 3.63) is 29.3 Å². The van der Waals surface area contributed by atoms with E-state index in [1.807, 2.05) is 6.07 Å². The van der Waals surface area contributed by atoms with Crippen LogP contribution in [0.3, 0.4) is 0 Å². The minimum Gasteiger partial charge on any atom is -0.370 e. The van der Waals surface area contributed by atoms with Crippen molar-refractivity contribution in [1.82, 2.24) is 9.97 Å². The molecule has 0 amide bonds. The van der Waals surface area contributed by atoms with Crippen LogP contribution in [0.25, 0.3) is 10.7 Å². The fourth-order valence-electron chi connectivity index (χ4n) is 1.38. The van der Waals surface area contributed by atoms with E-state index in [0.717, 1.165) is 29.5 Å². The second kappa shape index (κ2) is 5.07. The van der Waals surface area contributed by atoms with Gasteiger partial charge in [-0.2, -0.15) is 0 Å². The smallest absolute Gasteiger partial charge is 0.171 e. The third kappa shape index (κ3) is 2.58. The number of nitrogens with zero attached hydrogens (tertiary/aromatic N) is 2. The molecule has 0 unspecified atom stereocenters. The number of nitrogens with one attached hydrogen (secondary N) is 1. The summed E-state index contributed by atoms with van der Waals surface area (Å²) in [6.07, 6.45) is 2.90. The van der Waals surface area contributed by atoms with E-state index in [1.165, 1.54) is 4.88 Å². The maximum Gasteiger partial charge on any atom is 0.171 e. The molecule has 0 aromatic carbocycles. The Morgan fingerprint density at radius 2 is 2.19 bits per heavy atom. The molecule has 4 heteroatoms. The van der Waals surface area contributed by atoms with Gasteiger partial charge in [0.15, 0.2) is 5.82 Å². The first-order valence-corrected chi connectivity index (χ1v) is 6.25. The Morgan fingerprint density at radius 3 is 2.88 bits per heavy atom. The summed E-state index contributed by atoms with van der Waals surface area (Å²) < 4.78 is 0. The Balaban J connectivity index is 2.22. The van der Waals surface area contributed by atoms with Crippen LogP contribution in [0.1, 0.15) is 18.2 Å². The first-order chi connectivity index (χ1) is 7.79. The molecule has 0 bridgehead atoms. The van der Waals surface area contributed by atoms with Crippen molar-refractivity contribution in [3.8, 4) is 10.7 Å². The number of aryl methyl sites for hydroxylation is 1. The second-order valence-electron chi connectivity index (χ2n) is 3.60. The van der Waals surface area contributed by atoms with Crippen LogP contribution in [0.15, 0.2) is 24.4 Å². The molecule has 16 heavy (non-hydrogen) atoms. The second-order valence-corrected chi connectivity index (χ2v) is 4.89. The summed E-state index contributed by atoms with van der Waals surface area (Å²) >= 11 is 1.72. The number of rotatable bonds is 4. The Bertz CT molecular complexity index is 465. The van der Waals surface area contributed by atoms with Gasteiger partial charge in [-0.05, 0) is 31.5 Å². The molecule has 0 spiro atoms. The van der Waals surface area contributed by atoms with Gasteiger partial charge in [-0.15, -0.1) is 11.3 Å². The Morgan fingerprint density at radius 1 is 1.31 bits per heavy atom. The maximum atomic E-state index is 4.48. The number of hydrogen-bond acceptors (Lipinski definition) is 4. The lowest BCUT2D eigenvalue weighted by molar-refractivity contribution is 0.966. The highest BCUT2D eigenvalue weighted by atomic mass is 32.1. The molecule has 0 saturated heterocycles. The first kappa shape index (κ1) is 11.1. The molecule has 2 aromatic rings. The Hall–Kier alpha value is -1.42. The maximum absolute atomic E-state index is 4.48. The summed E-state index contributed by atoms with van der Waals surface area (Å²) in [5.41, 5.74) is 0. The zero-order valence-corrected chi connectivity index (χ0v) is 10.3. The SMILES string of the molecule is CCCNc1ccnc(-c2ccc(C)s2)n1. The minimum atomic E-state index is 0.805. The van der Waals surface area contributed by atoms with Gasteiger partial charge in [0.2, 0.25) is 0 Å². The van der Waals surface area contributed by atoms with Gasteiger partial charge in [-0.3, -0.25) is 0 Å². The van der Waals surface area contributed by atoms with E-state index < -0.39 is 0 Å². The molecule has 0 aliphatic rings. The first-order valence-electron chi connectivity index (χ1n) is 5.43. The fraction of sp³-hybridized carbons (Fsp3) is 0.333. The zero-order valence-electron chi connectivity index (χ0n) is 9.53. The molecule has 3 nitrogen and oxygen atoms in total. The monoisotopic (exact) mass is 233 g/mol. The van der Waals surface area contributed by atoms with Gasteiger partial charge in [-0.25, -0.2) is 9.97 Å². The molecule has 0 aliphatic carbocycles. The van der Waals surface area contributed by atoms with Crippen LogP contribution < -0.4 is 5.32 Å². The topological polar surface area (TPSA) is 37.8 Å². The summed E-state index contributed by atoms with van der Waals surface area (Å²) in [7, 11) is 0. The van der Waals surface area contributed by atoms with E-state index in [-0.39, 0.29) is 0 Å². The van der Waals surface area contributed by atoms with Crippen LogP contribution in [0.5, 0.6) is 0 Å². The average molecular weight is 233 g/mol. The van der Waals surface area contributed by atoms with Crippen molar-refractivity contribution in [2.24, 2.45) is 0 Å². The number of aromatic nitrogens is 2. The molecular formula is C12H15N3S. The quantitative estimate of drug-likeness (QED) is 0.880. The average Bonchev–Trinajstić information content (AvgIpc) is 2.74. The summed E-state index contributed by atoms with van der Waals surface area (Å²) in [5.74, 6) is 1.71. The third-order valence-corrected chi connectivity index (χ3v) is 3.17. The van der Waals surface area contributed by atoms with Crippen molar-refractivity contribution >= 4 is 17.2 Å². The van der Waals surface area contributed by atoms with Gasteiger partial charge in [0.25, 0.3) is 0 Å². The Labute approximate surface area is 99.6 Å². The third-order valence-electron chi connectivity index (χ3n) is 2.17. The molecule has 2 rings (SSSR count). The fourth-order valence-corrected chi connectivity index (χ4v) is 2.19. The predicted molar refractivity (Wildman–Crippen MR) is 68.9 cm³/mol. The van der Waals surface area contributed by atoms with Gasteiger partial charge in [-0.1, -0.05) is 6.92 Å². The molecule has 0 aliphatic heterocycles. The molecule has 0 saturated carbocycles. The number of thiophene rings is 1. The highest BCUT2D eigenvalue weighted by Gasteiger charge is 2.04. The molecule has 2 heterocycles. The van der Waals surface area contributed by atoms with Crippen LogP contribution in [-0.4, -0.2) is 16.5 Å². The van der Waals surface area contributed by atoms with Crippen LogP contribution in [0, 0.1) is 6.92 Å². The molecule has 1 N–H and O–H groups in total. The van der Waals surface area contributed by atoms with Crippen LogP contribution in [0.2, 0.25) is 0 Å². The van der Waals surface area contributed by atoms with Crippen molar-refractivity contribution in [3.63, 3.8) is 0 Å². The van der Waals surface area contributed by atoms with Crippen molar-refractivity contribution in [1.29, 1.82) is 0 Å². The normalized spacial score (nSPS) is 10.4. The molecule has 84 valence electrons. The van der Waals surface area contributed by atoms with Gasteiger partial charge < -0.3 is 5.32 Å². The summed E-state index contributed by atoms with van der Waals surface area (Å²) in [4.78, 5) is 11.2. The molecule has 0 radical (unpaired) electrons. The number of anilines is 1. The van der Waals surface area contributed by atoms with Gasteiger partial charge in [0, 0.05) is 17.6 Å². The molecule has 0 fully saturated rings. The van der Waals surface area contributed by atoms with Crippen molar-refractivity contribution < 1.29 is 0 Å². The summed E-state index contributed by atoms with van der Waals surface area (Å²) in [6.45, 7) is 5.17. The minimum absolute atomic E-state index is 0.805. The van der Waals surface area contributed by atoms with Crippen LogP contribution >= 0.6 is 11.3 Å². The molecule has 0 atom stereocenters. The van der Waals surface area contributed by atoms with Crippen molar-refractivity contribution in [2.45, 2.75) is 20.3 Å². The number of hydrogen-bond donors (Lipinski definition) is 1. The largest absolute Gasteiger partial charge is 0.370 e. The van der Waals surface area contributed by atoms with Crippen molar-refractivity contribution in [2.75, 3.05) is 11.9 Å². The predicted octanol–water partition coefficient (Wildman–Crippen LogP) is 3.34. The van der Waals surface area contributed by atoms with E-state index in [4.69, 9.17) is 0 Å². The lowest BCUT2D eigenvalue weighted by Gasteiger charge is -2.04. The highest BCUT2D eigenvalue weighted by molar-refractivity contribution is 7.15. The van der Waals surface area contributed by atoms with Crippen LogP contribution in [0.4, 0.5) is 5.82 Å². The highest BCUT2D eigenvalue weighted by Crippen LogP contribution is 2.24. The van der Waals surface area contributed by atoms with Gasteiger partial charge >= 0.3 is 0 Å². The molecular weight excluding hydrogens is 218 g/mol. The van der Waals surface area contributed by atoms with Crippen LogP contribution in [-0.2, 0) is 0 Å². The summed E-state index contributed by atoms with van der Waals surface area (Å²) in [6, 6.07) is 6.06. The standard InChI is InChI=1S/C12H15N3S/c1-3-7-13-11-6-8-14-12(15-11)10-5-4-9(2)16-10/h4-6,8H,3,7H2,1-2H3,(H,13,14,15). The van der Waals surface area contributed by atoms with E-state index in [0.29, 0.717) is 0 Å². The van der Waals surface area contributed by atoms with Gasteiger partial charge in [0.1, 0.15) is 5.82 Å². The van der Waals surface area contributed by atoms with E-state index in [9.17, 15) is 0 Å². The molecule has 2 aromatic heterocycles. The lowest BCUT2D eigenvalue weighted by atomic mass is 10.4. The van der Waals surface area contributed by atoms with E-state index in [2.05, 4.69) is 41.3 Å².